The van der Waals surface area contributed by atoms with E-state index in [9.17, 15) is 9.59 Å². The van der Waals surface area contributed by atoms with E-state index < -0.39 is 0 Å². The average molecular weight is 436 g/mol. The van der Waals surface area contributed by atoms with E-state index in [1.165, 1.54) is 6.33 Å². The highest BCUT2D eigenvalue weighted by Gasteiger charge is 2.27. The van der Waals surface area contributed by atoms with Crippen LogP contribution in [0.4, 0.5) is 5.82 Å². The van der Waals surface area contributed by atoms with Crippen LogP contribution in [0.25, 0.3) is 22.2 Å². The minimum Gasteiger partial charge on any atom is -0.395 e. The fraction of sp³-hybridized carbons (Fsp3) is 0.381. The van der Waals surface area contributed by atoms with Crippen LogP contribution in [0, 0.1) is 0 Å². The fourth-order valence-electron chi connectivity index (χ4n) is 4.44. The number of imidazole rings is 2. The van der Waals surface area contributed by atoms with E-state index in [0.717, 1.165) is 23.9 Å². The molecule has 5 rings (SSSR count). The number of aliphatic hydroxyl groups is 1. The predicted molar refractivity (Wildman–Crippen MR) is 119 cm³/mol. The van der Waals surface area contributed by atoms with Crippen LogP contribution in [0.1, 0.15) is 29.5 Å². The summed E-state index contributed by atoms with van der Waals surface area (Å²) in [6.45, 7) is 1.41. The van der Waals surface area contributed by atoms with Gasteiger partial charge in [0.15, 0.2) is 17.0 Å². The molecule has 0 atom stereocenters. The predicted octanol–water partition coefficient (Wildman–Crippen LogP) is 0.570. The third-order valence-electron chi connectivity index (χ3n) is 5.99. The Morgan fingerprint density at radius 3 is 2.81 bits per heavy atom. The number of piperidine rings is 1. The van der Waals surface area contributed by atoms with Crippen molar-refractivity contribution in [2.75, 3.05) is 31.1 Å². The fourth-order valence-corrected chi connectivity index (χ4v) is 4.44. The molecule has 11 nitrogen and oxygen atoms in total. The summed E-state index contributed by atoms with van der Waals surface area (Å²) in [5, 5.41) is 11.6. The molecule has 1 aliphatic rings. The zero-order chi connectivity index (χ0) is 22.2. The van der Waals surface area contributed by atoms with Crippen LogP contribution < -0.4 is 15.9 Å². The van der Waals surface area contributed by atoms with Crippen molar-refractivity contribution in [3.05, 3.63) is 46.9 Å². The summed E-state index contributed by atoms with van der Waals surface area (Å²) < 4.78 is 3.48. The number of amides is 1. The maximum absolute atomic E-state index is 12.6. The Kier molecular flexibility index (Phi) is 5.10. The number of hydrogen-bond acceptors (Lipinski definition) is 7. The number of nitrogens with zero attached hydrogens (tertiary/aromatic N) is 6. The molecule has 1 fully saturated rings. The molecule has 166 valence electrons. The summed E-state index contributed by atoms with van der Waals surface area (Å²) in [5.41, 5.74) is 2.81. The Balaban J connectivity index is 1.41. The van der Waals surface area contributed by atoms with E-state index in [2.05, 4.69) is 30.2 Å². The third-order valence-corrected chi connectivity index (χ3v) is 5.99. The van der Waals surface area contributed by atoms with E-state index in [1.54, 1.807) is 11.6 Å². The monoisotopic (exact) mass is 436 g/mol. The van der Waals surface area contributed by atoms with Gasteiger partial charge in [-0.1, -0.05) is 12.1 Å². The number of carbonyl (C=O) groups is 1. The molecule has 0 spiro atoms. The highest BCUT2D eigenvalue weighted by Crippen LogP contribution is 2.30. The van der Waals surface area contributed by atoms with Crippen LogP contribution in [0.3, 0.4) is 0 Å². The topological polar surface area (TPSA) is 134 Å². The summed E-state index contributed by atoms with van der Waals surface area (Å²) in [6.07, 6.45) is 3.04. The Labute approximate surface area is 182 Å². The van der Waals surface area contributed by atoms with Crippen molar-refractivity contribution in [2.45, 2.75) is 18.9 Å². The minimum absolute atomic E-state index is 0.0858. The number of aromatic nitrogens is 6. The summed E-state index contributed by atoms with van der Waals surface area (Å²) >= 11 is 0. The maximum atomic E-state index is 12.6. The van der Waals surface area contributed by atoms with E-state index >= 15 is 0 Å². The second-order valence-corrected chi connectivity index (χ2v) is 7.88. The van der Waals surface area contributed by atoms with Gasteiger partial charge in [0.2, 0.25) is 5.82 Å². The second kappa shape index (κ2) is 8.08. The molecule has 3 N–H and O–H groups in total. The van der Waals surface area contributed by atoms with E-state index in [4.69, 9.17) is 5.11 Å². The van der Waals surface area contributed by atoms with Crippen molar-refractivity contribution in [1.82, 2.24) is 34.4 Å². The van der Waals surface area contributed by atoms with Crippen molar-refractivity contribution < 1.29 is 9.90 Å². The molecule has 32 heavy (non-hydrogen) atoms. The quantitative estimate of drug-likeness (QED) is 0.416. The minimum atomic E-state index is -0.372. The standard InChI is InChI=1S/C21H24N8O3/c1-27-17-16(26-19(27)20(31)22-8-11-30)18(24-12-23-17)28-9-6-13(7-10-28)29-15-5-3-2-4-14(15)25-21(29)32/h2-5,12-13,30H,6-11H2,1H3,(H,22,31)(H,25,32). The number of anilines is 1. The smallest absolute Gasteiger partial charge is 0.326 e. The molecule has 1 amide bonds. The number of nitrogens with one attached hydrogen (secondary N) is 2. The SMILES string of the molecule is Cn1c(C(=O)NCCO)nc2c(N3CCC(n4c(=O)[nH]c5ccccc54)CC3)ncnc21. The molecule has 0 unspecified atom stereocenters. The van der Waals surface area contributed by atoms with Crippen LogP contribution in [-0.2, 0) is 7.05 Å². The number of aliphatic hydroxyl groups excluding tert-OH is 1. The lowest BCUT2D eigenvalue weighted by molar-refractivity contribution is 0.0931. The summed E-state index contributed by atoms with van der Waals surface area (Å²) in [5.74, 6) is 0.523. The van der Waals surface area contributed by atoms with Gasteiger partial charge in [-0.15, -0.1) is 0 Å². The van der Waals surface area contributed by atoms with Crippen LogP contribution in [0.2, 0.25) is 0 Å². The van der Waals surface area contributed by atoms with Gasteiger partial charge >= 0.3 is 5.69 Å². The van der Waals surface area contributed by atoms with Gasteiger partial charge in [0.1, 0.15) is 6.33 Å². The molecular weight excluding hydrogens is 412 g/mol. The largest absolute Gasteiger partial charge is 0.395 e. The molecule has 0 radical (unpaired) electrons. The molecule has 0 bridgehead atoms. The van der Waals surface area contributed by atoms with Gasteiger partial charge in [0.05, 0.1) is 17.6 Å². The number of para-hydroxylation sites is 2. The number of benzene rings is 1. The van der Waals surface area contributed by atoms with Gasteiger partial charge in [-0.25, -0.2) is 19.7 Å². The third kappa shape index (κ3) is 3.30. The molecule has 11 heteroatoms. The number of fused-ring (bicyclic) bond motifs is 2. The summed E-state index contributed by atoms with van der Waals surface area (Å²) in [7, 11) is 1.73. The first-order valence-electron chi connectivity index (χ1n) is 10.6. The zero-order valence-electron chi connectivity index (χ0n) is 17.7. The Bertz CT molecular complexity index is 1350. The number of rotatable bonds is 5. The molecule has 1 aromatic carbocycles. The van der Waals surface area contributed by atoms with Gasteiger partial charge in [0, 0.05) is 32.7 Å². The van der Waals surface area contributed by atoms with Crippen molar-refractivity contribution in [3.63, 3.8) is 0 Å². The van der Waals surface area contributed by atoms with Gasteiger partial charge in [0.25, 0.3) is 5.91 Å². The molecule has 0 saturated carbocycles. The van der Waals surface area contributed by atoms with E-state index in [-0.39, 0.29) is 36.6 Å². The average Bonchev–Trinajstić information content (AvgIpc) is 3.34. The number of aromatic amines is 1. The molecule has 4 aromatic rings. The molecule has 1 saturated heterocycles. The first-order chi connectivity index (χ1) is 15.6. The zero-order valence-corrected chi connectivity index (χ0v) is 17.7. The lowest BCUT2D eigenvalue weighted by Gasteiger charge is -2.33. The maximum Gasteiger partial charge on any atom is 0.326 e. The van der Waals surface area contributed by atoms with Gasteiger partial charge in [-0.2, -0.15) is 0 Å². The van der Waals surface area contributed by atoms with Gasteiger partial charge in [-0.3, -0.25) is 9.36 Å². The highest BCUT2D eigenvalue weighted by molar-refractivity contribution is 5.96. The first-order valence-corrected chi connectivity index (χ1v) is 10.6. The number of hydrogen-bond donors (Lipinski definition) is 3. The summed E-state index contributed by atoms with van der Waals surface area (Å²) in [6, 6.07) is 7.82. The molecular formula is C21H24N8O3. The number of carbonyl (C=O) groups excluding carboxylic acids is 1. The summed E-state index contributed by atoms with van der Waals surface area (Å²) in [4.78, 5) is 43.3. The van der Waals surface area contributed by atoms with Crippen molar-refractivity contribution >= 4 is 33.9 Å². The van der Waals surface area contributed by atoms with Crippen LogP contribution in [-0.4, -0.2) is 66.3 Å². The lowest BCUT2D eigenvalue weighted by atomic mass is 10.0. The highest BCUT2D eigenvalue weighted by atomic mass is 16.3. The van der Waals surface area contributed by atoms with Crippen molar-refractivity contribution in [1.29, 1.82) is 0 Å². The number of aryl methyl sites for hydroxylation is 1. The van der Waals surface area contributed by atoms with Crippen LogP contribution in [0.15, 0.2) is 35.4 Å². The molecule has 4 heterocycles. The molecule has 3 aromatic heterocycles. The molecule has 1 aliphatic heterocycles. The van der Waals surface area contributed by atoms with Crippen molar-refractivity contribution in [3.8, 4) is 0 Å². The van der Waals surface area contributed by atoms with Gasteiger partial charge < -0.3 is 24.9 Å². The Hall–Kier alpha value is -3.73. The molecule has 0 aliphatic carbocycles. The van der Waals surface area contributed by atoms with Crippen LogP contribution >= 0.6 is 0 Å². The van der Waals surface area contributed by atoms with Crippen molar-refractivity contribution in [2.24, 2.45) is 7.05 Å². The number of H-pyrrole nitrogens is 1. The van der Waals surface area contributed by atoms with Gasteiger partial charge in [-0.05, 0) is 25.0 Å². The first kappa shape index (κ1) is 20.2. The lowest BCUT2D eigenvalue weighted by Crippen LogP contribution is -2.37. The second-order valence-electron chi connectivity index (χ2n) is 7.88. The van der Waals surface area contributed by atoms with Crippen LogP contribution in [0.5, 0.6) is 0 Å². The Morgan fingerprint density at radius 2 is 2.03 bits per heavy atom. The van der Waals surface area contributed by atoms with E-state index in [0.29, 0.717) is 30.1 Å². The normalized spacial score (nSPS) is 15.0. The van der Waals surface area contributed by atoms with E-state index in [1.807, 2.05) is 28.8 Å². The Morgan fingerprint density at radius 1 is 1.25 bits per heavy atom.